The van der Waals surface area contributed by atoms with Gasteiger partial charge in [0.15, 0.2) is 0 Å². The van der Waals surface area contributed by atoms with E-state index in [0.29, 0.717) is 0 Å². The first-order valence-electron chi connectivity index (χ1n) is 4.42. The number of benzene rings is 1. The molecule has 0 bridgehead atoms. The Morgan fingerprint density at radius 3 is 1.46 bits per heavy atom. The summed E-state index contributed by atoms with van der Waals surface area (Å²) >= 11 is 0. The molecule has 0 amide bonds. The second-order valence-electron chi connectivity index (χ2n) is 2.06. The van der Waals surface area contributed by atoms with Gasteiger partial charge in [-0.2, -0.15) is 38.5 Å². The average molecular weight is 337 g/mol. The Hall–Kier alpha value is 0.609. The minimum Gasteiger partial charge on any atom is -0.335 e. The molecule has 0 nitrogen and oxygen atoms in total. The molecule has 1 rings (SSSR count). The second kappa shape index (κ2) is 18.4. The van der Waals surface area contributed by atoms with Gasteiger partial charge >= 0.3 is 46.9 Å². The van der Waals surface area contributed by atoms with Gasteiger partial charge in [-0.3, -0.25) is 0 Å². The van der Waals surface area contributed by atoms with E-state index in [4.69, 9.17) is 0 Å². The van der Waals surface area contributed by atoms with Gasteiger partial charge in [0, 0.05) is 0 Å². The molecule has 0 N–H and O–H groups in total. The Morgan fingerprint density at radius 1 is 1.00 bits per heavy atom. The zero-order valence-corrected chi connectivity index (χ0v) is 10.7. The molecule has 0 aromatic heterocycles. The molecule has 0 aliphatic carbocycles. The predicted molar refractivity (Wildman–Crippen MR) is 57.9 cm³/mol. The van der Waals surface area contributed by atoms with E-state index in [9.17, 15) is 0 Å². The zero-order chi connectivity index (χ0) is 9.82. The van der Waals surface area contributed by atoms with E-state index in [1.807, 2.05) is 64.4 Å². The van der Waals surface area contributed by atoms with Crippen molar-refractivity contribution in [1.82, 2.24) is 0 Å². The molecule has 0 aliphatic heterocycles. The summed E-state index contributed by atoms with van der Waals surface area (Å²) in [5.74, 6) is 0. The van der Waals surface area contributed by atoms with Crippen LogP contribution in [-0.2, 0) is 0 Å². The quantitative estimate of drug-likeness (QED) is 0.625. The minimum absolute atomic E-state index is 0. The van der Waals surface area contributed by atoms with Gasteiger partial charge in [0.1, 0.15) is 0 Å². The van der Waals surface area contributed by atoms with E-state index in [2.05, 4.69) is 6.92 Å². The molecule has 0 radical (unpaired) electrons. The topological polar surface area (TPSA) is 0 Å². The van der Waals surface area contributed by atoms with Crippen LogP contribution in [-0.4, -0.2) is 0 Å². The third kappa shape index (κ3) is 19.1. The van der Waals surface area contributed by atoms with E-state index in [1.54, 1.807) is 0 Å². The molecular weight excluding hydrogens is 317 g/mol. The smallest absolute Gasteiger partial charge is 0.335 e. The molecule has 0 aliphatic rings. The summed E-state index contributed by atoms with van der Waals surface area (Å²) in [6.45, 7) is 11.7. The maximum absolute atomic E-state index is 3.72. The standard InChI is InChI=1S/C7H7.C3H7.C2H6.Yb/c1-7-5-3-2-4-6-7;1-3-2;1-2;/h2-6H,1H2;3H,1-2H3;1-2H3;/q2*-1;;+2. The maximum atomic E-state index is 3.72. The molecule has 0 spiro atoms. The van der Waals surface area contributed by atoms with Crippen LogP contribution in [0.15, 0.2) is 30.3 Å². The van der Waals surface area contributed by atoms with Crippen molar-refractivity contribution >= 4 is 0 Å². The summed E-state index contributed by atoms with van der Waals surface area (Å²) in [6, 6.07) is 9.87. The predicted octanol–water partition coefficient (Wildman–Crippen LogP) is 4.13. The summed E-state index contributed by atoms with van der Waals surface area (Å²) in [5, 5.41) is 0. The fourth-order valence-electron chi connectivity index (χ4n) is 0.478. The van der Waals surface area contributed by atoms with Crippen molar-refractivity contribution in [3.05, 3.63) is 49.2 Å². The SMILES string of the molecule is CC.C[CH-]C.[CH2-]c1ccccc1.[Yb+2]. The Kier molecular flexibility index (Phi) is 27.2. The van der Waals surface area contributed by atoms with Crippen LogP contribution >= 0.6 is 0 Å². The Balaban J connectivity index is -0.000000146. The van der Waals surface area contributed by atoms with Crippen LogP contribution in [0.1, 0.15) is 33.3 Å². The third-order valence-electron chi connectivity index (χ3n) is 0.843. The van der Waals surface area contributed by atoms with Gasteiger partial charge in [0.05, 0.1) is 0 Å². The van der Waals surface area contributed by atoms with Gasteiger partial charge < -0.3 is 6.42 Å². The number of hydrogen-bond acceptors (Lipinski definition) is 0. The molecule has 82 valence electrons. The molecule has 0 unspecified atom stereocenters. The first-order chi connectivity index (χ1) is 5.81. The van der Waals surface area contributed by atoms with Gasteiger partial charge in [-0.05, 0) is 0 Å². The van der Waals surface area contributed by atoms with Crippen molar-refractivity contribution in [3.63, 3.8) is 0 Å². The molecule has 0 saturated carbocycles. The Labute approximate surface area is 122 Å². The first kappa shape index (κ1) is 19.2. The summed E-state index contributed by atoms with van der Waals surface area (Å²) in [7, 11) is 0. The van der Waals surface area contributed by atoms with E-state index < -0.39 is 0 Å². The van der Waals surface area contributed by atoms with Crippen LogP contribution in [0.25, 0.3) is 0 Å². The van der Waals surface area contributed by atoms with Crippen molar-refractivity contribution in [2.75, 3.05) is 0 Å². The summed E-state index contributed by atoms with van der Waals surface area (Å²) < 4.78 is 0. The van der Waals surface area contributed by atoms with Crippen LogP contribution in [0.4, 0.5) is 0 Å². The fourth-order valence-corrected chi connectivity index (χ4v) is 0.478. The average Bonchev–Trinajstić information content (AvgIpc) is 2.11. The van der Waals surface area contributed by atoms with E-state index in [0.717, 1.165) is 5.56 Å². The van der Waals surface area contributed by atoms with Crippen molar-refractivity contribution in [2.24, 2.45) is 0 Å². The van der Waals surface area contributed by atoms with Gasteiger partial charge in [0.25, 0.3) is 0 Å². The van der Waals surface area contributed by atoms with Gasteiger partial charge in [-0.1, -0.05) is 19.9 Å². The zero-order valence-electron chi connectivity index (χ0n) is 8.94. The summed E-state index contributed by atoms with van der Waals surface area (Å²) in [5.41, 5.74) is 1.07. The van der Waals surface area contributed by atoms with Crippen LogP contribution < -0.4 is 0 Å². The minimum atomic E-state index is 0. The van der Waals surface area contributed by atoms with Crippen molar-refractivity contribution in [3.8, 4) is 0 Å². The fraction of sp³-hybridized carbons (Fsp3) is 0.333. The monoisotopic (exact) mass is 338 g/mol. The van der Waals surface area contributed by atoms with Gasteiger partial charge in [-0.25, -0.2) is 0 Å². The molecule has 13 heavy (non-hydrogen) atoms. The summed E-state index contributed by atoms with van der Waals surface area (Å²) in [6.07, 6.45) is 2.00. The van der Waals surface area contributed by atoms with Crippen LogP contribution in [0.5, 0.6) is 0 Å². The molecule has 0 fully saturated rings. The molecule has 1 aromatic rings. The molecule has 1 aromatic carbocycles. The Bertz CT molecular complexity index is 146. The van der Waals surface area contributed by atoms with Crippen molar-refractivity contribution in [1.29, 1.82) is 0 Å². The van der Waals surface area contributed by atoms with Crippen LogP contribution in [0.3, 0.4) is 0 Å². The van der Waals surface area contributed by atoms with E-state index in [-0.39, 0.29) is 46.9 Å². The Morgan fingerprint density at radius 2 is 1.31 bits per heavy atom. The third-order valence-corrected chi connectivity index (χ3v) is 0.843. The molecular formula is C12H20Yb. The van der Waals surface area contributed by atoms with Crippen molar-refractivity contribution in [2.45, 2.75) is 27.7 Å². The van der Waals surface area contributed by atoms with Crippen molar-refractivity contribution < 1.29 is 46.9 Å². The first-order valence-corrected chi connectivity index (χ1v) is 4.42. The largest absolute Gasteiger partial charge is 2.00 e. The second-order valence-corrected chi connectivity index (χ2v) is 2.06. The maximum Gasteiger partial charge on any atom is 2.00 e. The van der Waals surface area contributed by atoms with Crippen LogP contribution in [0.2, 0.25) is 0 Å². The molecule has 0 saturated heterocycles. The molecule has 0 atom stereocenters. The normalized spacial score (nSPS) is 6.46. The van der Waals surface area contributed by atoms with Gasteiger partial charge in [-0.15, -0.1) is 12.1 Å². The van der Waals surface area contributed by atoms with Crippen LogP contribution in [0, 0.1) is 60.3 Å². The van der Waals surface area contributed by atoms with Gasteiger partial charge in [0.2, 0.25) is 0 Å². The van der Waals surface area contributed by atoms with E-state index in [1.165, 1.54) is 0 Å². The van der Waals surface area contributed by atoms with E-state index >= 15 is 0 Å². The number of rotatable bonds is 0. The molecule has 0 heterocycles. The molecule has 1 heteroatoms. The number of hydrogen-bond donors (Lipinski definition) is 0. The summed E-state index contributed by atoms with van der Waals surface area (Å²) in [4.78, 5) is 0.